The van der Waals surface area contributed by atoms with Crippen LogP contribution in [-0.2, 0) is 22.6 Å². The Morgan fingerprint density at radius 2 is 1.67 bits per heavy atom. The monoisotopic (exact) mass is 684 g/mol. The van der Waals surface area contributed by atoms with E-state index in [0.29, 0.717) is 44.9 Å². The molecule has 0 radical (unpaired) electrons. The molecule has 1 atom stereocenters. The van der Waals surface area contributed by atoms with Crippen molar-refractivity contribution in [3.8, 4) is 5.75 Å². The minimum Gasteiger partial charge on any atom is -0.490 e. The number of carbonyl (C=O) groups is 3. The number of likely N-dealkylation sites (tertiary alicyclic amines) is 1. The molecule has 2 fully saturated rings. The summed E-state index contributed by atoms with van der Waals surface area (Å²) in [5.74, 6) is -0.367. The number of nitrogens with one attached hydrogen (secondary N) is 1. The number of hydrogen-bond acceptors (Lipinski definition) is 7. The number of hydrogen-bond donors (Lipinski definition) is 1. The summed E-state index contributed by atoms with van der Waals surface area (Å²) >= 11 is 0. The van der Waals surface area contributed by atoms with Gasteiger partial charge in [-0.3, -0.25) is 19.2 Å². The predicted octanol–water partition coefficient (Wildman–Crippen LogP) is 5.32. The highest BCUT2D eigenvalue weighted by Crippen LogP contribution is 2.26. The van der Waals surface area contributed by atoms with Crippen LogP contribution in [0.15, 0.2) is 113 Å². The van der Waals surface area contributed by atoms with Crippen LogP contribution in [0.4, 0.5) is 5.69 Å². The Morgan fingerprint density at radius 3 is 2.45 bits per heavy atom. The maximum absolute atomic E-state index is 14.2. The lowest BCUT2D eigenvalue weighted by Gasteiger charge is -2.38. The van der Waals surface area contributed by atoms with Gasteiger partial charge >= 0.3 is 0 Å². The molecule has 0 aliphatic carbocycles. The molecule has 3 amide bonds. The highest BCUT2D eigenvalue weighted by molar-refractivity contribution is 5.97. The van der Waals surface area contributed by atoms with Gasteiger partial charge in [-0.25, -0.2) is 0 Å². The topological polar surface area (TPSA) is 112 Å². The Kier molecular flexibility index (Phi) is 9.83. The molecule has 5 aromatic rings. The first-order valence-corrected chi connectivity index (χ1v) is 17.4. The van der Waals surface area contributed by atoms with Gasteiger partial charge in [0, 0.05) is 63.9 Å². The maximum Gasteiger partial charge on any atom is 0.287 e. The van der Waals surface area contributed by atoms with Crippen molar-refractivity contribution >= 4 is 45.2 Å². The normalized spacial score (nSPS) is 15.3. The van der Waals surface area contributed by atoms with Crippen molar-refractivity contribution < 1.29 is 23.5 Å². The van der Waals surface area contributed by atoms with E-state index in [0.717, 1.165) is 46.6 Å². The van der Waals surface area contributed by atoms with E-state index in [9.17, 15) is 19.2 Å². The summed E-state index contributed by atoms with van der Waals surface area (Å²) in [6.45, 7) is 7.39. The van der Waals surface area contributed by atoms with E-state index in [1.54, 1.807) is 29.2 Å². The molecule has 51 heavy (non-hydrogen) atoms. The Balaban J connectivity index is 1.10. The van der Waals surface area contributed by atoms with Gasteiger partial charge in [-0.1, -0.05) is 73.3 Å². The molecule has 0 unspecified atom stereocenters. The number of anilines is 1. The van der Waals surface area contributed by atoms with Gasteiger partial charge < -0.3 is 29.2 Å². The standard InChI is InChI=1S/C41H40N4O6/c1-2-22-50-32-15-16-37-33(25-32)36(46)26-38(51-37)40(48)42-34(24-28-13-14-29-8-3-4-9-30(29)23-28)41(49)44-20-18-43(19-21-44)35-11-6-5-10-31(35)27-45-17-7-12-39(45)47/h2-6,8-11,13-16,23,25-26,34H,1,7,12,17-22,24,27H2,(H,42,48)/t34-/m1/s1. The quantitative estimate of drug-likeness (QED) is 0.188. The zero-order valence-corrected chi connectivity index (χ0v) is 28.4. The number of benzene rings is 4. The van der Waals surface area contributed by atoms with Crippen molar-refractivity contribution in [2.75, 3.05) is 44.2 Å². The molecular weight excluding hydrogens is 644 g/mol. The zero-order valence-electron chi connectivity index (χ0n) is 28.4. The third-order valence-corrected chi connectivity index (χ3v) is 9.60. The third-order valence-electron chi connectivity index (χ3n) is 9.60. The summed E-state index contributed by atoms with van der Waals surface area (Å²) < 4.78 is 11.4. The fraction of sp³-hybridized carbons (Fsp3) is 0.268. The van der Waals surface area contributed by atoms with E-state index in [1.165, 1.54) is 0 Å². The van der Waals surface area contributed by atoms with E-state index in [4.69, 9.17) is 9.15 Å². The second-order valence-corrected chi connectivity index (χ2v) is 13.0. The van der Waals surface area contributed by atoms with Crippen molar-refractivity contribution in [1.82, 2.24) is 15.1 Å². The van der Waals surface area contributed by atoms with Crippen LogP contribution in [0.25, 0.3) is 21.7 Å². The second-order valence-electron chi connectivity index (χ2n) is 13.0. The summed E-state index contributed by atoms with van der Waals surface area (Å²) in [4.78, 5) is 59.3. The van der Waals surface area contributed by atoms with E-state index in [-0.39, 0.29) is 41.6 Å². The lowest BCUT2D eigenvalue weighted by atomic mass is 10.0. The molecule has 1 aromatic heterocycles. The van der Waals surface area contributed by atoms with Crippen LogP contribution in [0.5, 0.6) is 5.75 Å². The van der Waals surface area contributed by atoms with Crippen LogP contribution in [-0.4, -0.2) is 72.9 Å². The molecule has 10 heteroatoms. The van der Waals surface area contributed by atoms with Crippen molar-refractivity contribution in [2.24, 2.45) is 0 Å². The fourth-order valence-corrected chi connectivity index (χ4v) is 6.94. The van der Waals surface area contributed by atoms with Crippen molar-refractivity contribution in [3.05, 3.63) is 131 Å². The zero-order chi connectivity index (χ0) is 35.3. The second kappa shape index (κ2) is 14.9. The van der Waals surface area contributed by atoms with Crippen LogP contribution in [0.2, 0.25) is 0 Å². The number of ether oxygens (including phenoxy) is 1. The Hall–Kier alpha value is -5.90. The summed E-state index contributed by atoms with van der Waals surface area (Å²) in [6.07, 6.45) is 3.34. The average Bonchev–Trinajstić information content (AvgIpc) is 3.57. The van der Waals surface area contributed by atoms with Gasteiger partial charge in [-0.2, -0.15) is 0 Å². The summed E-state index contributed by atoms with van der Waals surface area (Å²) in [5.41, 5.74) is 2.89. The van der Waals surface area contributed by atoms with Gasteiger partial charge in [-0.15, -0.1) is 0 Å². The number of rotatable bonds is 11. The minimum absolute atomic E-state index is 0.179. The fourth-order valence-electron chi connectivity index (χ4n) is 6.94. The first-order valence-electron chi connectivity index (χ1n) is 17.4. The van der Waals surface area contributed by atoms with Gasteiger partial charge in [0.15, 0.2) is 11.2 Å². The number of piperazine rings is 1. The molecule has 3 heterocycles. The predicted molar refractivity (Wildman–Crippen MR) is 197 cm³/mol. The smallest absolute Gasteiger partial charge is 0.287 e. The van der Waals surface area contributed by atoms with Crippen LogP contribution < -0.4 is 20.4 Å². The molecule has 260 valence electrons. The Labute approximate surface area is 295 Å². The lowest BCUT2D eigenvalue weighted by molar-refractivity contribution is -0.133. The van der Waals surface area contributed by atoms with Crippen molar-refractivity contribution in [1.29, 1.82) is 0 Å². The van der Waals surface area contributed by atoms with Crippen LogP contribution in [0.3, 0.4) is 0 Å². The van der Waals surface area contributed by atoms with Gasteiger partial charge in [0.1, 0.15) is 24.0 Å². The molecule has 2 aliphatic rings. The van der Waals surface area contributed by atoms with E-state index < -0.39 is 17.4 Å². The molecule has 1 N–H and O–H groups in total. The number of amides is 3. The maximum atomic E-state index is 14.2. The highest BCUT2D eigenvalue weighted by Gasteiger charge is 2.31. The molecule has 0 spiro atoms. The summed E-state index contributed by atoms with van der Waals surface area (Å²) in [7, 11) is 0. The molecule has 10 nitrogen and oxygen atoms in total. The molecule has 0 saturated carbocycles. The average molecular weight is 685 g/mol. The molecular formula is C41H40N4O6. The third kappa shape index (κ3) is 7.50. The molecule has 7 rings (SSSR count). The van der Waals surface area contributed by atoms with E-state index in [1.807, 2.05) is 59.5 Å². The molecule has 2 saturated heterocycles. The van der Waals surface area contributed by atoms with Gasteiger partial charge in [0.05, 0.1) is 5.39 Å². The van der Waals surface area contributed by atoms with E-state index >= 15 is 0 Å². The lowest BCUT2D eigenvalue weighted by Crippen LogP contribution is -2.55. The summed E-state index contributed by atoms with van der Waals surface area (Å²) in [5, 5.41) is 5.30. The molecule has 4 aromatic carbocycles. The Morgan fingerprint density at radius 1 is 0.882 bits per heavy atom. The number of fused-ring (bicyclic) bond motifs is 2. The minimum atomic E-state index is -0.908. The van der Waals surface area contributed by atoms with E-state index in [2.05, 4.69) is 28.9 Å². The largest absolute Gasteiger partial charge is 0.490 e. The van der Waals surface area contributed by atoms with Crippen LogP contribution >= 0.6 is 0 Å². The van der Waals surface area contributed by atoms with Crippen LogP contribution in [0.1, 0.15) is 34.5 Å². The number of carbonyl (C=O) groups excluding carboxylic acids is 3. The van der Waals surface area contributed by atoms with Crippen molar-refractivity contribution in [3.63, 3.8) is 0 Å². The Bertz CT molecular complexity index is 2170. The summed E-state index contributed by atoms with van der Waals surface area (Å²) in [6, 6.07) is 27.2. The molecule has 2 aliphatic heterocycles. The number of nitrogens with zero attached hydrogens (tertiary/aromatic N) is 3. The van der Waals surface area contributed by atoms with Gasteiger partial charge in [0.2, 0.25) is 11.8 Å². The van der Waals surface area contributed by atoms with Gasteiger partial charge in [-0.05, 0) is 52.6 Å². The SMILES string of the molecule is C=CCOc1ccc2oc(C(=O)N[C@H](Cc3ccc4ccccc4c3)C(=O)N3CCN(c4ccccc4CN4CCCC4=O)CC3)cc(=O)c2c1. The van der Waals surface area contributed by atoms with Gasteiger partial charge in [0.25, 0.3) is 5.91 Å². The van der Waals surface area contributed by atoms with Crippen LogP contribution in [0, 0.1) is 0 Å². The molecule has 0 bridgehead atoms. The van der Waals surface area contributed by atoms with Crippen molar-refractivity contribution in [2.45, 2.75) is 31.8 Å². The number of para-hydroxylation sites is 1. The highest BCUT2D eigenvalue weighted by atomic mass is 16.5. The first-order chi connectivity index (χ1) is 24.9. The first kappa shape index (κ1) is 33.6.